The Kier molecular flexibility index (Phi) is 3.35. The fourth-order valence-electron chi connectivity index (χ4n) is 0.772. The van der Waals surface area contributed by atoms with Crippen molar-refractivity contribution >= 4 is 52.4 Å². The molecule has 1 aromatic rings. The molecule has 13 heavy (non-hydrogen) atoms. The highest BCUT2D eigenvalue weighted by atomic mass is 35.5. The Hall–Kier alpha value is -0.0900. The van der Waals surface area contributed by atoms with Crippen LogP contribution in [0.25, 0.3) is 0 Å². The van der Waals surface area contributed by atoms with Crippen molar-refractivity contribution in [3.05, 3.63) is 20.4 Å². The maximum absolute atomic E-state index is 10.3. The molecule has 0 N–H and O–H groups in total. The normalized spacial score (nSPS) is 10.5. The van der Waals surface area contributed by atoms with Gasteiger partial charge in [0.25, 0.3) is 0 Å². The first-order chi connectivity index (χ1) is 5.95. The van der Waals surface area contributed by atoms with Crippen molar-refractivity contribution in [2.24, 2.45) is 0 Å². The van der Waals surface area contributed by atoms with Gasteiger partial charge in [0.05, 0.1) is 22.6 Å². The molecule has 0 aliphatic carbocycles. The van der Waals surface area contributed by atoms with Crippen LogP contribution in [0.4, 0.5) is 0 Å². The van der Waals surface area contributed by atoms with E-state index >= 15 is 0 Å². The topological polar surface area (TPSA) is 45.1 Å². The number of rotatable bonds is 2. The van der Waals surface area contributed by atoms with Crippen LogP contribution in [0.15, 0.2) is 0 Å². The van der Waals surface area contributed by atoms with Gasteiger partial charge in [-0.1, -0.05) is 46.4 Å². The molecule has 7 heteroatoms. The number of carbonyl (C=O) groups excluding carboxylic acids is 1. The van der Waals surface area contributed by atoms with E-state index in [1.165, 1.54) is 0 Å². The van der Waals surface area contributed by atoms with E-state index < -0.39 is 12.5 Å². The molecular formula is C6H2Cl4NO2-. The number of hydrogen-bond donors (Lipinski definition) is 0. The van der Waals surface area contributed by atoms with E-state index in [4.69, 9.17) is 46.4 Å². The first-order valence-corrected chi connectivity index (χ1v) is 4.54. The molecule has 1 rings (SSSR count). The molecule has 0 aromatic carbocycles. The molecular weight excluding hydrogens is 260 g/mol. The van der Waals surface area contributed by atoms with E-state index in [1.807, 2.05) is 0 Å². The predicted octanol–water partition coefficient (Wildman–Crippen LogP) is 1.85. The highest BCUT2D eigenvalue weighted by Gasteiger charge is 2.17. The summed E-state index contributed by atoms with van der Waals surface area (Å²) in [5.41, 5.74) is 0. The highest BCUT2D eigenvalue weighted by molar-refractivity contribution is 6.52. The minimum atomic E-state index is -1.33. The minimum Gasteiger partial charge on any atom is -0.548 e. The zero-order valence-corrected chi connectivity index (χ0v) is 9.01. The first kappa shape index (κ1) is 11.0. The lowest BCUT2D eigenvalue weighted by Crippen LogP contribution is -2.27. The van der Waals surface area contributed by atoms with Crippen molar-refractivity contribution in [1.82, 2.24) is 4.57 Å². The SMILES string of the molecule is O=C([O-])Cn1c(Cl)c(Cl)c(Cl)c1Cl. The van der Waals surface area contributed by atoms with E-state index in [2.05, 4.69) is 0 Å². The smallest absolute Gasteiger partial charge is 0.130 e. The van der Waals surface area contributed by atoms with Crippen molar-refractivity contribution in [3.63, 3.8) is 0 Å². The second-order valence-corrected chi connectivity index (χ2v) is 3.64. The Morgan fingerprint density at radius 1 is 1.15 bits per heavy atom. The first-order valence-electron chi connectivity index (χ1n) is 3.03. The minimum absolute atomic E-state index is 0.0131. The molecule has 1 aromatic heterocycles. The molecule has 0 spiro atoms. The van der Waals surface area contributed by atoms with E-state index in [9.17, 15) is 9.90 Å². The van der Waals surface area contributed by atoms with Crippen LogP contribution in [0.2, 0.25) is 20.4 Å². The molecule has 0 bridgehead atoms. The molecule has 0 radical (unpaired) electrons. The van der Waals surface area contributed by atoms with Crippen molar-refractivity contribution < 1.29 is 9.90 Å². The van der Waals surface area contributed by atoms with Crippen molar-refractivity contribution in [3.8, 4) is 0 Å². The van der Waals surface area contributed by atoms with Gasteiger partial charge < -0.3 is 14.5 Å². The van der Waals surface area contributed by atoms with Gasteiger partial charge in [0, 0.05) is 0 Å². The summed E-state index contributed by atoms with van der Waals surface area (Å²) >= 11 is 22.5. The lowest BCUT2D eigenvalue weighted by molar-refractivity contribution is -0.306. The summed E-state index contributed by atoms with van der Waals surface area (Å²) in [6, 6.07) is 0. The summed E-state index contributed by atoms with van der Waals surface area (Å²) in [7, 11) is 0. The maximum Gasteiger partial charge on any atom is 0.130 e. The molecule has 0 atom stereocenters. The van der Waals surface area contributed by atoms with Gasteiger partial charge in [0.1, 0.15) is 10.3 Å². The van der Waals surface area contributed by atoms with Gasteiger partial charge in [-0.15, -0.1) is 0 Å². The van der Waals surface area contributed by atoms with Crippen LogP contribution >= 0.6 is 46.4 Å². The molecule has 3 nitrogen and oxygen atoms in total. The standard InChI is InChI=1S/C6H3Cl4NO2/c7-3-4(8)6(10)11(5(3)9)1-2(12)13/h1H2,(H,12,13)/p-1. The quantitative estimate of drug-likeness (QED) is 0.816. The molecule has 0 saturated carbocycles. The Morgan fingerprint density at radius 2 is 1.54 bits per heavy atom. The lowest BCUT2D eigenvalue weighted by atomic mass is 10.6. The number of carbonyl (C=O) groups is 1. The summed E-state index contributed by atoms with van der Waals surface area (Å²) in [5.74, 6) is -1.33. The van der Waals surface area contributed by atoms with Gasteiger partial charge in [0.2, 0.25) is 0 Å². The van der Waals surface area contributed by atoms with Gasteiger partial charge in [-0.05, 0) is 0 Å². The number of halogens is 4. The maximum atomic E-state index is 10.3. The van der Waals surface area contributed by atoms with Gasteiger partial charge in [-0.3, -0.25) is 0 Å². The molecule has 0 saturated heterocycles. The van der Waals surface area contributed by atoms with Crippen molar-refractivity contribution in [1.29, 1.82) is 0 Å². The van der Waals surface area contributed by atoms with Gasteiger partial charge in [-0.25, -0.2) is 0 Å². The van der Waals surface area contributed by atoms with Gasteiger partial charge in [0.15, 0.2) is 0 Å². The van der Waals surface area contributed by atoms with Crippen LogP contribution in [-0.4, -0.2) is 10.5 Å². The third-order valence-electron chi connectivity index (χ3n) is 1.32. The predicted molar refractivity (Wildman–Crippen MR) is 49.5 cm³/mol. The number of carboxylic acid groups (broad SMARTS) is 1. The average Bonchev–Trinajstić information content (AvgIpc) is 2.22. The van der Waals surface area contributed by atoms with Crippen molar-refractivity contribution in [2.75, 3.05) is 0 Å². The molecule has 72 valence electrons. The lowest BCUT2D eigenvalue weighted by Gasteiger charge is -2.06. The van der Waals surface area contributed by atoms with E-state index in [-0.39, 0.29) is 20.4 Å². The number of nitrogens with zero attached hydrogens (tertiary/aromatic N) is 1. The molecule has 0 aliphatic rings. The number of carboxylic acids is 1. The Balaban J connectivity index is 3.21. The van der Waals surface area contributed by atoms with Gasteiger partial charge in [-0.2, -0.15) is 0 Å². The van der Waals surface area contributed by atoms with Crippen LogP contribution < -0.4 is 5.11 Å². The zero-order chi connectivity index (χ0) is 10.2. The fraction of sp³-hybridized carbons (Fsp3) is 0.167. The molecule has 0 unspecified atom stereocenters. The Bertz CT molecular complexity index is 335. The second kappa shape index (κ2) is 3.96. The summed E-state index contributed by atoms with van der Waals surface area (Å²) in [6.45, 7) is -0.482. The summed E-state index contributed by atoms with van der Waals surface area (Å²) < 4.78 is 1.04. The van der Waals surface area contributed by atoms with Gasteiger partial charge >= 0.3 is 0 Å². The number of aliphatic carboxylic acids is 1. The summed E-state index contributed by atoms with van der Waals surface area (Å²) in [6.07, 6.45) is 0. The molecule has 0 fully saturated rings. The molecule has 0 amide bonds. The van der Waals surface area contributed by atoms with Crippen molar-refractivity contribution in [2.45, 2.75) is 6.54 Å². The number of aromatic nitrogens is 1. The average molecular weight is 262 g/mol. The third kappa shape index (κ3) is 2.05. The van der Waals surface area contributed by atoms with Crippen LogP contribution in [0.1, 0.15) is 0 Å². The molecule has 0 aliphatic heterocycles. The largest absolute Gasteiger partial charge is 0.548 e. The fourth-order valence-corrected chi connectivity index (χ4v) is 1.77. The van der Waals surface area contributed by atoms with E-state index in [0.29, 0.717) is 0 Å². The monoisotopic (exact) mass is 260 g/mol. The second-order valence-electron chi connectivity index (χ2n) is 2.17. The van der Waals surface area contributed by atoms with E-state index in [0.717, 1.165) is 4.57 Å². The highest BCUT2D eigenvalue weighted by Crippen LogP contribution is 2.38. The van der Waals surface area contributed by atoms with Crippen LogP contribution in [-0.2, 0) is 11.3 Å². The van der Waals surface area contributed by atoms with Crippen LogP contribution in [0.5, 0.6) is 0 Å². The summed E-state index contributed by atoms with van der Waals surface area (Å²) in [5, 5.41) is 10.3. The number of hydrogen-bond acceptors (Lipinski definition) is 2. The Morgan fingerprint density at radius 3 is 1.85 bits per heavy atom. The van der Waals surface area contributed by atoms with Crippen LogP contribution in [0.3, 0.4) is 0 Å². The Labute approximate surface area is 93.7 Å². The molecule has 1 heterocycles. The van der Waals surface area contributed by atoms with E-state index in [1.54, 1.807) is 0 Å². The third-order valence-corrected chi connectivity index (χ3v) is 3.13. The zero-order valence-electron chi connectivity index (χ0n) is 5.98. The summed E-state index contributed by atoms with van der Waals surface area (Å²) in [4.78, 5) is 10.3. The van der Waals surface area contributed by atoms with Crippen LogP contribution in [0, 0.1) is 0 Å².